The van der Waals surface area contributed by atoms with Crippen molar-refractivity contribution in [2.24, 2.45) is 5.73 Å². The zero-order valence-electron chi connectivity index (χ0n) is 10.9. The molecular formula is C14H18N2O3. The van der Waals surface area contributed by atoms with Crippen LogP contribution < -0.4 is 10.5 Å². The molecule has 0 amide bonds. The van der Waals surface area contributed by atoms with Gasteiger partial charge in [0, 0.05) is 23.6 Å². The van der Waals surface area contributed by atoms with E-state index in [1.165, 1.54) is 0 Å². The molecule has 0 aliphatic rings. The van der Waals surface area contributed by atoms with E-state index in [9.17, 15) is 4.79 Å². The number of aryl methyl sites for hydroxylation is 1. The highest BCUT2D eigenvalue weighted by Crippen LogP contribution is 2.26. The van der Waals surface area contributed by atoms with Gasteiger partial charge in [-0.25, -0.2) is 0 Å². The maximum Gasteiger partial charge on any atom is 0.307 e. The summed E-state index contributed by atoms with van der Waals surface area (Å²) in [7, 11) is 1.60. The number of carboxylic acid groups (broad SMARTS) is 1. The Morgan fingerprint density at radius 3 is 2.89 bits per heavy atom. The number of carboxylic acids is 1. The first kappa shape index (κ1) is 13.4. The van der Waals surface area contributed by atoms with Crippen LogP contribution in [0.1, 0.15) is 12.0 Å². The monoisotopic (exact) mass is 262 g/mol. The molecule has 0 aliphatic heterocycles. The Morgan fingerprint density at radius 1 is 1.47 bits per heavy atom. The maximum atomic E-state index is 10.9. The van der Waals surface area contributed by atoms with Crippen LogP contribution in [0.25, 0.3) is 10.9 Å². The predicted molar refractivity (Wildman–Crippen MR) is 73.5 cm³/mol. The van der Waals surface area contributed by atoms with Crippen molar-refractivity contribution in [2.45, 2.75) is 19.4 Å². The molecule has 0 atom stereocenters. The third-order valence-corrected chi connectivity index (χ3v) is 3.12. The van der Waals surface area contributed by atoms with Crippen molar-refractivity contribution < 1.29 is 14.6 Å². The summed E-state index contributed by atoms with van der Waals surface area (Å²) in [4.78, 5) is 10.9. The maximum absolute atomic E-state index is 10.9. The normalized spacial score (nSPS) is 10.8. The van der Waals surface area contributed by atoms with E-state index in [-0.39, 0.29) is 6.42 Å². The van der Waals surface area contributed by atoms with E-state index < -0.39 is 5.97 Å². The Morgan fingerprint density at radius 2 is 2.26 bits per heavy atom. The third-order valence-electron chi connectivity index (χ3n) is 3.12. The summed E-state index contributed by atoms with van der Waals surface area (Å²) in [6.07, 6.45) is 2.77. The molecular weight excluding hydrogens is 244 g/mol. The Labute approximate surface area is 111 Å². The van der Waals surface area contributed by atoms with E-state index in [4.69, 9.17) is 15.6 Å². The quantitative estimate of drug-likeness (QED) is 0.829. The van der Waals surface area contributed by atoms with E-state index in [0.29, 0.717) is 6.54 Å². The smallest absolute Gasteiger partial charge is 0.307 e. The number of aromatic nitrogens is 1. The van der Waals surface area contributed by atoms with Crippen molar-refractivity contribution in [3.63, 3.8) is 0 Å². The molecule has 1 aromatic carbocycles. The molecule has 19 heavy (non-hydrogen) atoms. The number of fused-ring (bicyclic) bond motifs is 1. The highest BCUT2D eigenvalue weighted by molar-refractivity contribution is 5.88. The lowest BCUT2D eigenvalue weighted by Crippen LogP contribution is -2.05. The van der Waals surface area contributed by atoms with Crippen molar-refractivity contribution in [1.82, 2.24) is 4.57 Å². The molecule has 5 heteroatoms. The van der Waals surface area contributed by atoms with E-state index in [0.717, 1.165) is 35.2 Å². The van der Waals surface area contributed by atoms with Crippen LogP contribution in [-0.2, 0) is 17.8 Å². The largest absolute Gasteiger partial charge is 0.497 e. The summed E-state index contributed by atoms with van der Waals surface area (Å²) in [6, 6.07) is 5.72. The van der Waals surface area contributed by atoms with E-state index >= 15 is 0 Å². The van der Waals surface area contributed by atoms with Gasteiger partial charge in [0.2, 0.25) is 0 Å². The lowest BCUT2D eigenvalue weighted by molar-refractivity contribution is -0.136. The predicted octanol–water partition coefficient (Wildman–Crippen LogP) is 1.63. The van der Waals surface area contributed by atoms with Crippen molar-refractivity contribution in [2.75, 3.05) is 13.7 Å². The summed E-state index contributed by atoms with van der Waals surface area (Å²) >= 11 is 0. The first-order valence-corrected chi connectivity index (χ1v) is 6.23. The van der Waals surface area contributed by atoms with Gasteiger partial charge in [-0.1, -0.05) is 0 Å². The molecule has 0 bridgehead atoms. The van der Waals surface area contributed by atoms with Gasteiger partial charge >= 0.3 is 5.97 Å². The fourth-order valence-electron chi connectivity index (χ4n) is 2.23. The highest BCUT2D eigenvalue weighted by Gasteiger charge is 2.12. The molecule has 3 N–H and O–H groups in total. The molecule has 0 fully saturated rings. The zero-order valence-corrected chi connectivity index (χ0v) is 10.9. The van der Waals surface area contributed by atoms with E-state index in [2.05, 4.69) is 4.57 Å². The van der Waals surface area contributed by atoms with Crippen molar-refractivity contribution in [3.05, 3.63) is 30.0 Å². The number of nitrogens with zero attached hydrogens (tertiary/aromatic N) is 1. The van der Waals surface area contributed by atoms with Crippen molar-refractivity contribution in [1.29, 1.82) is 0 Å². The van der Waals surface area contributed by atoms with Crippen LogP contribution in [0.4, 0.5) is 0 Å². The summed E-state index contributed by atoms with van der Waals surface area (Å²) in [5.41, 5.74) is 7.35. The van der Waals surface area contributed by atoms with E-state index in [1.54, 1.807) is 7.11 Å². The minimum absolute atomic E-state index is 0.0132. The van der Waals surface area contributed by atoms with Crippen LogP contribution in [-0.4, -0.2) is 29.3 Å². The molecule has 0 spiro atoms. The van der Waals surface area contributed by atoms with Gasteiger partial charge in [0.05, 0.1) is 13.5 Å². The van der Waals surface area contributed by atoms with Crippen molar-refractivity contribution in [3.8, 4) is 5.75 Å². The first-order valence-electron chi connectivity index (χ1n) is 6.23. The number of aliphatic carboxylic acids is 1. The van der Waals surface area contributed by atoms with Crippen LogP contribution in [0, 0.1) is 0 Å². The average molecular weight is 262 g/mol. The Bertz CT molecular complexity index is 590. The Balaban J connectivity index is 2.48. The number of methoxy groups -OCH3 is 1. The molecule has 0 aliphatic carbocycles. The second kappa shape index (κ2) is 5.75. The van der Waals surface area contributed by atoms with E-state index in [1.807, 2.05) is 24.4 Å². The number of ether oxygens (including phenoxy) is 1. The van der Waals surface area contributed by atoms with Crippen LogP contribution in [0.5, 0.6) is 5.75 Å². The average Bonchev–Trinajstić information content (AvgIpc) is 2.73. The molecule has 5 nitrogen and oxygen atoms in total. The lowest BCUT2D eigenvalue weighted by atomic mass is 10.1. The molecule has 0 radical (unpaired) electrons. The number of carbonyl (C=O) groups is 1. The standard InChI is InChI=1S/C14H18N2O3/c1-19-11-3-4-13-12(8-11)10(7-14(17)18)9-16(13)6-2-5-15/h3-4,8-9H,2,5-7,15H2,1H3,(H,17,18). The highest BCUT2D eigenvalue weighted by atomic mass is 16.5. The SMILES string of the molecule is COc1ccc2c(c1)c(CC(=O)O)cn2CCCN. The number of rotatable bonds is 6. The fraction of sp³-hybridized carbons (Fsp3) is 0.357. The lowest BCUT2D eigenvalue weighted by Gasteiger charge is -2.04. The van der Waals surface area contributed by atoms with Gasteiger partial charge in [-0.05, 0) is 36.7 Å². The number of benzene rings is 1. The second-order valence-electron chi connectivity index (χ2n) is 4.44. The Kier molecular flexibility index (Phi) is 4.06. The number of hydrogen-bond donors (Lipinski definition) is 2. The topological polar surface area (TPSA) is 77.5 Å². The van der Waals surface area contributed by atoms with Crippen LogP contribution in [0.15, 0.2) is 24.4 Å². The van der Waals surface area contributed by atoms with Gasteiger partial charge in [-0.3, -0.25) is 4.79 Å². The van der Waals surface area contributed by atoms with Crippen molar-refractivity contribution >= 4 is 16.9 Å². The third kappa shape index (κ3) is 2.88. The molecule has 2 aromatic rings. The van der Waals surface area contributed by atoms with Crippen LogP contribution in [0.3, 0.4) is 0 Å². The second-order valence-corrected chi connectivity index (χ2v) is 4.44. The molecule has 2 rings (SSSR count). The number of nitrogens with two attached hydrogens (primary N) is 1. The first-order chi connectivity index (χ1) is 9.15. The van der Waals surface area contributed by atoms with Gasteiger partial charge < -0.3 is 20.1 Å². The minimum Gasteiger partial charge on any atom is -0.497 e. The van der Waals surface area contributed by atoms with Gasteiger partial charge in [-0.15, -0.1) is 0 Å². The molecule has 0 saturated carbocycles. The van der Waals surface area contributed by atoms with Crippen LogP contribution >= 0.6 is 0 Å². The summed E-state index contributed by atoms with van der Waals surface area (Å²) < 4.78 is 7.25. The van der Waals surface area contributed by atoms with Gasteiger partial charge in [0.1, 0.15) is 5.75 Å². The summed E-state index contributed by atoms with van der Waals surface area (Å²) in [5, 5.41) is 9.91. The summed E-state index contributed by atoms with van der Waals surface area (Å²) in [5.74, 6) is -0.101. The molecule has 1 aromatic heterocycles. The molecule has 0 unspecified atom stereocenters. The number of hydrogen-bond acceptors (Lipinski definition) is 3. The minimum atomic E-state index is -0.833. The Hall–Kier alpha value is -2.01. The summed E-state index contributed by atoms with van der Waals surface area (Å²) in [6.45, 7) is 1.41. The van der Waals surface area contributed by atoms with Gasteiger partial charge in [0.15, 0.2) is 0 Å². The zero-order chi connectivity index (χ0) is 13.8. The van der Waals surface area contributed by atoms with Gasteiger partial charge in [0.25, 0.3) is 0 Å². The fourth-order valence-corrected chi connectivity index (χ4v) is 2.23. The van der Waals surface area contributed by atoms with Gasteiger partial charge in [-0.2, -0.15) is 0 Å². The molecule has 1 heterocycles. The van der Waals surface area contributed by atoms with Crippen LogP contribution in [0.2, 0.25) is 0 Å². The molecule has 0 saturated heterocycles. The molecule has 102 valence electrons.